The molecule has 2 aromatic carbocycles. The average Bonchev–Trinajstić information content (AvgIpc) is 2.43. The highest BCUT2D eigenvalue weighted by molar-refractivity contribution is 6.33. The number of hydrogen-bond acceptors (Lipinski definition) is 1. The Morgan fingerprint density at radius 2 is 1.80 bits per heavy atom. The molecule has 0 saturated carbocycles. The molecular weight excluding hydrogens is 320 g/mol. The molecule has 0 spiro atoms. The van der Waals surface area contributed by atoms with Crippen LogP contribution >= 0.6 is 34.8 Å². The number of likely N-dealkylation sites (N-methyl/N-ethyl adjacent to an activating group) is 1. The first-order valence-corrected chi connectivity index (χ1v) is 7.21. The minimum atomic E-state index is -0.419. The third-order valence-electron chi connectivity index (χ3n) is 3.11. The fourth-order valence-electron chi connectivity index (χ4n) is 2.05. The van der Waals surface area contributed by atoms with Gasteiger partial charge in [-0.2, -0.15) is 0 Å². The van der Waals surface area contributed by atoms with E-state index in [1.807, 2.05) is 13.1 Å². The van der Waals surface area contributed by atoms with Crippen molar-refractivity contribution >= 4 is 34.8 Å². The van der Waals surface area contributed by atoms with E-state index in [9.17, 15) is 4.39 Å². The Hall–Kier alpha value is -0.800. The molecule has 1 unspecified atom stereocenters. The monoisotopic (exact) mass is 331 g/mol. The number of halogens is 4. The lowest BCUT2D eigenvalue weighted by atomic mass is 9.99. The molecule has 0 saturated heterocycles. The minimum absolute atomic E-state index is 0.0253. The molecule has 20 heavy (non-hydrogen) atoms. The molecule has 0 aliphatic carbocycles. The molecule has 0 radical (unpaired) electrons. The zero-order valence-corrected chi connectivity index (χ0v) is 13.0. The van der Waals surface area contributed by atoms with Crippen molar-refractivity contribution in [3.05, 3.63) is 68.4 Å². The molecule has 2 rings (SSSR count). The van der Waals surface area contributed by atoms with Gasteiger partial charge in [-0.05, 0) is 54.9 Å². The lowest BCUT2D eigenvalue weighted by Crippen LogP contribution is -2.19. The first-order valence-electron chi connectivity index (χ1n) is 6.07. The van der Waals surface area contributed by atoms with Crippen LogP contribution in [0.3, 0.4) is 0 Å². The topological polar surface area (TPSA) is 12.0 Å². The Morgan fingerprint density at radius 3 is 2.45 bits per heavy atom. The Bertz CT molecular complexity index is 616. The van der Waals surface area contributed by atoms with E-state index in [0.717, 1.165) is 11.1 Å². The predicted molar refractivity (Wildman–Crippen MR) is 83.4 cm³/mol. The average molecular weight is 333 g/mol. The molecule has 0 aromatic heterocycles. The largest absolute Gasteiger partial charge is 0.313 e. The Labute approximate surface area is 132 Å². The van der Waals surface area contributed by atoms with E-state index in [-0.39, 0.29) is 11.1 Å². The van der Waals surface area contributed by atoms with Gasteiger partial charge in [0.25, 0.3) is 0 Å². The van der Waals surface area contributed by atoms with Crippen LogP contribution in [0.5, 0.6) is 0 Å². The van der Waals surface area contributed by atoms with Crippen LogP contribution in [0.25, 0.3) is 0 Å². The smallest absolute Gasteiger partial charge is 0.141 e. The van der Waals surface area contributed by atoms with E-state index < -0.39 is 5.82 Å². The maximum Gasteiger partial charge on any atom is 0.141 e. The number of benzene rings is 2. The fourth-order valence-corrected chi connectivity index (χ4v) is 2.68. The highest BCUT2D eigenvalue weighted by Crippen LogP contribution is 2.29. The first kappa shape index (κ1) is 15.6. The van der Waals surface area contributed by atoms with Crippen LogP contribution in [0.4, 0.5) is 4.39 Å². The summed E-state index contributed by atoms with van der Waals surface area (Å²) < 4.78 is 13.2. The van der Waals surface area contributed by atoms with Gasteiger partial charge < -0.3 is 5.32 Å². The molecule has 2 aromatic rings. The third kappa shape index (κ3) is 3.64. The van der Waals surface area contributed by atoms with E-state index in [2.05, 4.69) is 5.32 Å². The predicted octanol–water partition coefficient (Wildman–Crippen LogP) is 5.29. The van der Waals surface area contributed by atoms with Gasteiger partial charge >= 0.3 is 0 Å². The van der Waals surface area contributed by atoms with Gasteiger partial charge in [0.15, 0.2) is 0 Å². The molecule has 0 amide bonds. The summed E-state index contributed by atoms with van der Waals surface area (Å²) in [5, 5.41) is 4.58. The summed E-state index contributed by atoms with van der Waals surface area (Å²) in [5.41, 5.74) is 1.83. The van der Waals surface area contributed by atoms with Crippen LogP contribution < -0.4 is 5.32 Å². The van der Waals surface area contributed by atoms with Crippen molar-refractivity contribution in [3.63, 3.8) is 0 Å². The lowest BCUT2D eigenvalue weighted by Gasteiger charge is -2.18. The molecule has 5 heteroatoms. The molecule has 106 valence electrons. The summed E-state index contributed by atoms with van der Waals surface area (Å²) in [6.07, 6.45) is 0.635. The summed E-state index contributed by atoms with van der Waals surface area (Å²) in [5.74, 6) is -0.419. The summed E-state index contributed by atoms with van der Waals surface area (Å²) in [6.45, 7) is 0. The van der Waals surface area contributed by atoms with E-state index in [0.29, 0.717) is 16.5 Å². The molecule has 0 aliphatic rings. The van der Waals surface area contributed by atoms with Gasteiger partial charge in [0.05, 0.1) is 5.02 Å². The Morgan fingerprint density at radius 1 is 1.05 bits per heavy atom. The quantitative estimate of drug-likeness (QED) is 0.802. The summed E-state index contributed by atoms with van der Waals surface area (Å²) in [7, 11) is 1.84. The van der Waals surface area contributed by atoms with Gasteiger partial charge in [0.1, 0.15) is 5.82 Å². The molecule has 0 bridgehead atoms. The van der Waals surface area contributed by atoms with Crippen LogP contribution in [-0.2, 0) is 6.42 Å². The summed E-state index contributed by atoms with van der Waals surface area (Å²) >= 11 is 18.0. The number of rotatable bonds is 4. The fraction of sp³-hybridized carbons (Fsp3) is 0.200. The first-order chi connectivity index (χ1) is 9.51. The van der Waals surface area contributed by atoms with Crippen LogP contribution in [0, 0.1) is 5.82 Å². The molecule has 0 aliphatic heterocycles. The van der Waals surface area contributed by atoms with Crippen molar-refractivity contribution < 1.29 is 4.39 Å². The highest BCUT2D eigenvalue weighted by Gasteiger charge is 2.15. The molecule has 0 heterocycles. The van der Waals surface area contributed by atoms with Gasteiger partial charge in [-0.1, -0.05) is 40.9 Å². The second-order valence-corrected chi connectivity index (χ2v) is 5.71. The van der Waals surface area contributed by atoms with E-state index >= 15 is 0 Å². The number of nitrogens with one attached hydrogen (secondary N) is 1. The standard InChI is InChI=1S/C15H13Cl3FN/c1-20-15(11-8-10(16)3-4-12(11)17)7-9-2-5-14(19)13(18)6-9/h2-6,8,15,20H,7H2,1H3. The van der Waals surface area contributed by atoms with Crippen LogP contribution in [0.2, 0.25) is 15.1 Å². The summed E-state index contributed by atoms with van der Waals surface area (Å²) in [6, 6.07) is 10.0. The van der Waals surface area contributed by atoms with E-state index in [4.69, 9.17) is 34.8 Å². The van der Waals surface area contributed by atoms with Crippen molar-refractivity contribution in [1.29, 1.82) is 0 Å². The van der Waals surface area contributed by atoms with Crippen LogP contribution in [0.1, 0.15) is 17.2 Å². The zero-order valence-electron chi connectivity index (χ0n) is 10.8. The van der Waals surface area contributed by atoms with Gasteiger partial charge in [0, 0.05) is 16.1 Å². The maximum atomic E-state index is 13.2. The zero-order chi connectivity index (χ0) is 14.7. The van der Waals surface area contributed by atoms with Gasteiger partial charge in [-0.15, -0.1) is 0 Å². The highest BCUT2D eigenvalue weighted by atomic mass is 35.5. The van der Waals surface area contributed by atoms with Crippen molar-refractivity contribution in [2.45, 2.75) is 12.5 Å². The van der Waals surface area contributed by atoms with Crippen molar-refractivity contribution in [1.82, 2.24) is 5.32 Å². The maximum absolute atomic E-state index is 13.2. The Kier molecular flexibility index (Phi) is 5.28. The van der Waals surface area contributed by atoms with Gasteiger partial charge in [-0.25, -0.2) is 4.39 Å². The van der Waals surface area contributed by atoms with E-state index in [1.54, 1.807) is 24.3 Å². The van der Waals surface area contributed by atoms with Crippen LogP contribution in [0.15, 0.2) is 36.4 Å². The van der Waals surface area contributed by atoms with Crippen molar-refractivity contribution in [2.24, 2.45) is 0 Å². The van der Waals surface area contributed by atoms with Crippen molar-refractivity contribution in [3.8, 4) is 0 Å². The van der Waals surface area contributed by atoms with Gasteiger partial charge in [0.2, 0.25) is 0 Å². The van der Waals surface area contributed by atoms with E-state index in [1.165, 1.54) is 6.07 Å². The SMILES string of the molecule is CNC(Cc1ccc(F)c(Cl)c1)c1cc(Cl)ccc1Cl. The normalized spacial score (nSPS) is 12.4. The minimum Gasteiger partial charge on any atom is -0.313 e. The molecule has 1 nitrogen and oxygen atoms in total. The number of hydrogen-bond donors (Lipinski definition) is 1. The van der Waals surface area contributed by atoms with Crippen LogP contribution in [-0.4, -0.2) is 7.05 Å². The molecule has 1 atom stereocenters. The Balaban J connectivity index is 2.28. The lowest BCUT2D eigenvalue weighted by molar-refractivity contribution is 0.589. The molecular formula is C15H13Cl3FN. The van der Waals surface area contributed by atoms with Gasteiger partial charge in [-0.3, -0.25) is 0 Å². The van der Waals surface area contributed by atoms with Crippen molar-refractivity contribution in [2.75, 3.05) is 7.05 Å². The summed E-state index contributed by atoms with van der Waals surface area (Å²) in [4.78, 5) is 0. The second kappa shape index (κ2) is 6.77. The third-order valence-corrected chi connectivity index (χ3v) is 3.97. The molecule has 0 fully saturated rings. The molecule has 1 N–H and O–H groups in total. The second-order valence-electron chi connectivity index (χ2n) is 4.46.